The molecule has 0 bridgehead atoms. The van der Waals surface area contributed by atoms with Gasteiger partial charge in [-0.3, -0.25) is 38.4 Å². The van der Waals surface area contributed by atoms with E-state index in [1.807, 2.05) is 60.5 Å². The van der Waals surface area contributed by atoms with Crippen LogP contribution in [-0.4, -0.2) is 161 Å². The third-order valence-electron chi connectivity index (χ3n) is 15.2. The number of likely N-dealkylation sites (tertiary alicyclic amines) is 1. The Kier molecular flexibility index (Phi) is 16.5. The number of β-amino-alcohol motifs (C(OH)–C–C–N with tert-alkyl or cyclic N) is 1. The summed E-state index contributed by atoms with van der Waals surface area (Å²) in [7, 11) is 0. The van der Waals surface area contributed by atoms with E-state index in [9.17, 15) is 29.1 Å². The number of anilines is 2. The molecule has 2 aromatic carbocycles. The van der Waals surface area contributed by atoms with E-state index in [4.69, 9.17) is 20.0 Å². The zero-order valence-corrected chi connectivity index (χ0v) is 45.8. The number of aromatic amines is 1. The summed E-state index contributed by atoms with van der Waals surface area (Å²) in [6.45, 7) is 9.45. The Morgan fingerprint density at radius 3 is 2.35 bits per heavy atom. The van der Waals surface area contributed by atoms with Crippen LogP contribution in [0.1, 0.15) is 96.0 Å². The van der Waals surface area contributed by atoms with Crippen LogP contribution in [0.3, 0.4) is 0 Å². The number of imidazole rings is 1. The lowest BCUT2D eigenvalue weighted by Gasteiger charge is -2.43. The van der Waals surface area contributed by atoms with Crippen LogP contribution in [0.4, 0.5) is 15.9 Å². The second-order valence-electron chi connectivity index (χ2n) is 21.1. The van der Waals surface area contributed by atoms with Gasteiger partial charge in [0.05, 0.1) is 77.1 Å². The third kappa shape index (κ3) is 11.8. The monoisotopic (exact) mass is 1110 g/mol. The number of hydrogen-bond acceptors (Lipinski definition) is 16. The number of ether oxygens (including phenoxy) is 1. The first kappa shape index (κ1) is 55.4. The van der Waals surface area contributed by atoms with Crippen LogP contribution in [-0.2, 0) is 23.9 Å². The van der Waals surface area contributed by atoms with E-state index in [1.165, 1.54) is 28.4 Å². The number of aromatic nitrogens is 7. The molecule has 7 aromatic rings. The van der Waals surface area contributed by atoms with Crippen molar-refractivity contribution < 1.29 is 42.7 Å². The highest BCUT2D eigenvalue weighted by atomic mass is 32.1. The van der Waals surface area contributed by atoms with Gasteiger partial charge in [0, 0.05) is 100 Å². The van der Waals surface area contributed by atoms with Gasteiger partial charge in [0.25, 0.3) is 5.91 Å². The number of nitrogens with one attached hydrogen (secondary N) is 4. The number of piperazine rings is 1. The Morgan fingerprint density at radius 1 is 0.963 bits per heavy atom. The predicted molar refractivity (Wildman–Crippen MR) is 294 cm³/mol. The molecule has 3 aliphatic rings. The van der Waals surface area contributed by atoms with Gasteiger partial charge >= 0.3 is 0 Å². The van der Waals surface area contributed by atoms with E-state index < -0.39 is 47.0 Å². The zero-order valence-electron chi connectivity index (χ0n) is 45.0. The molecule has 2 unspecified atom stereocenters. The molecule has 7 N–H and O–H groups in total. The number of aliphatic hydroxyl groups is 1. The Bertz CT molecular complexity index is 3370. The number of carbonyl (C=O) groups excluding carboxylic acids is 5. The molecule has 3 fully saturated rings. The normalized spacial score (nSPS) is 18.4. The molecule has 2 saturated heterocycles. The standard InChI is InChI=1S/C56H65FN14O8S/c1-32(2)49(46-21-33(3)67-79-46)54(76)71-28-40(72)24-56(71,55(58)77)41(35-5-9-37(10-6-35)50-34(4)62-31-80-50)23-47(73)59-13-19-78-20-14-60-48(74)30-68-15-17-69(18-16-68)53(75)38-11-12-43(42(57)22-38)65-51-52-61-27-45(39-25-63-64-26-39)70(52)29-44(66-51)36-7-8-36/h5-6,9-12,21-22,25-27,29,31-32,36,40-41,49,72H,7-8,13-20,23-24,28,30H2,1-4H3,(H2,58,77)(H,59,73)(H,60,74)(H,63,64)(H,65,66)/t40?,41-,49+,56?/m0/s1. The smallest absolute Gasteiger partial charge is 0.254 e. The molecule has 80 heavy (non-hydrogen) atoms. The molecule has 5 aromatic heterocycles. The van der Waals surface area contributed by atoms with Crippen molar-refractivity contribution >= 4 is 58.0 Å². The van der Waals surface area contributed by atoms with Gasteiger partial charge in [-0.2, -0.15) is 5.10 Å². The summed E-state index contributed by atoms with van der Waals surface area (Å²) >= 11 is 1.49. The number of nitrogens with two attached hydrogens (primary N) is 1. The van der Waals surface area contributed by atoms with Crippen molar-refractivity contribution in [3.05, 3.63) is 119 Å². The molecule has 420 valence electrons. The molecule has 1 saturated carbocycles. The number of halogens is 1. The van der Waals surface area contributed by atoms with Gasteiger partial charge in [-0.15, -0.1) is 11.3 Å². The molecule has 1 aliphatic carbocycles. The van der Waals surface area contributed by atoms with E-state index in [2.05, 4.69) is 41.3 Å². The van der Waals surface area contributed by atoms with Gasteiger partial charge < -0.3 is 45.9 Å². The molecule has 22 nitrogen and oxygen atoms in total. The van der Waals surface area contributed by atoms with Crippen LogP contribution < -0.4 is 21.7 Å². The first-order valence-electron chi connectivity index (χ1n) is 26.9. The van der Waals surface area contributed by atoms with Crippen molar-refractivity contribution in [1.82, 2.24) is 60.0 Å². The second-order valence-corrected chi connectivity index (χ2v) is 22.0. The van der Waals surface area contributed by atoms with Crippen LogP contribution >= 0.6 is 11.3 Å². The number of amides is 5. The number of H-pyrrole nitrogens is 1. The number of carbonyl (C=O) groups is 5. The van der Waals surface area contributed by atoms with E-state index in [0.29, 0.717) is 60.6 Å². The lowest BCUT2D eigenvalue weighted by Crippen LogP contribution is -2.61. The lowest BCUT2D eigenvalue weighted by atomic mass is 9.73. The van der Waals surface area contributed by atoms with E-state index in [-0.39, 0.29) is 81.2 Å². The van der Waals surface area contributed by atoms with Gasteiger partial charge in [0.1, 0.15) is 23.0 Å². The molecule has 0 spiro atoms. The van der Waals surface area contributed by atoms with Crippen LogP contribution in [0.5, 0.6) is 0 Å². The summed E-state index contributed by atoms with van der Waals surface area (Å²) in [5.41, 5.74) is 12.6. The summed E-state index contributed by atoms with van der Waals surface area (Å²) in [6.07, 6.45) is 7.68. The van der Waals surface area contributed by atoms with E-state index >= 15 is 4.39 Å². The highest BCUT2D eigenvalue weighted by molar-refractivity contribution is 7.13. The maximum absolute atomic E-state index is 15.7. The Hall–Kier alpha value is -7.93. The lowest BCUT2D eigenvalue weighted by molar-refractivity contribution is -0.148. The zero-order chi connectivity index (χ0) is 56.2. The van der Waals surface area contributed by atoms with Gasteiger partial charge in [0.2, 0.25) is 23.6 Å². The molecular formula is C56H65FN14O8S. The molecule has 0 radical (unpaired) electrons. The van der Waals surface area contributed by atoms with Crippen molar-refractivity contribution in [2.24, 2.45) is 11.7 Å². The first-order valence-corrected chi connectivity index (χ1v) is 27.8. The molecule has 7 heterocycles. The van der Waals surface area contributed by atoms with E-state index in [1.54, 1.807) is 48.1 Å². The average Bonchev–Trinajstić information content (AvgIpc) is 4.15. The molecule has 10 rings (SSSR count). The van der Waals surface area contributed by atoms with Crippen molar-refractivity contribution in [2.45, 2.75) is 82.8 Å². The van der Waals surface area contributed by atoms with Crippen molar-refractivity contribution in [2.75, 3.05) is 70.9 Å². The number of rotatable bonds is 22. The third-order valence-corrected chi connectivity index (χ3v) is 16.2. The number of hydrogen-bond donors (Lipinski definition) is 6. The molecular weight excluding hydrogens is 1050 g/mol. The summed E-state index contributed by atoms with van der Waals surface area (Å²) in [4.78, 5) is 88.8. The summed E-state index contributed by atoms with van der Waals surface area (Å²) in [5, 5.41) is 31.0. The number of primary amides is 1. The number of aryl methyl sites for hydroxylation is 2. The molecule has 4 atom stereocenters. The second kappa shape index (κ2) is 23.8. The van der Waals surface area contributed by atoms with Crippen LogP contribution in [0.25, 0.3) is 27.3 Å². The van der Waals surface area contributed by atoms with Gasteiger partial charge in [-0.25, -0.2) is 19.3 Å². The highest BCUT2D eigenvalue weighted by Crippen LogP contribution is 2.47. The topological polar surface area (TPSA) is 284 Å². The summed E-state index contributed by atoms with van der Waals surface area (Å²) in [6, 6.07) is 13.4. The fraction of sp³-hybridized carbons (Fsp3) is 0.429. The summed E-state index contributed by atoms with van der Waals surface area (Å²) in [5.74, 6) is -3.97. The highest BCUT2D eigenvalue weighted by Gasteiger charge is 2.59. The SMILES string of the molecule is Cc1cc([C@H](C(=O)N2CC(O)CC2(C(N)=O)[C@@H](CC(=O)NCCOCCNC(=O)CN2CCN(C(=O)c3ccc(Nc4nc(C5CC5)cn5c(-c6cn[nH]c6)cnc45)c(F)c3)CC2)c2ccc(-c3scnc3C)cc2)C(C)C)on1. The fourth-order valence-corrected chi connectivity index (χ4v) is 11.8. The first-order chi connectivity index (χ1) is 38.6. The maximum atomic E-state index is 15.7. The summed E-state index contributed by atoms with van der Waals surface area (Å²) < 4.78 is 29.0. The van der Waals surface area contributed by atoms with E-state index in [0.717, 1.165) is 45.9 Å². The number of nitrogens with zero attached hydrogens (tertiary/aromatic N) is 9. The van der Waals surface area contributed by atoms with Crippen molar-refractivity contribution in [3.8, 4) is 21.7 Å². The quantitative estimate of drug-likeness (QED) is 0.0485. The molecule has 24 heteroatoms. The minimum atomic E-state index is -1.80. The molecule has 2 aliphatic heterocycles. The van der Waals surface area contributed by atoms with Crippen molar-refractivity contribution in [3.63, 3.8) is 0 Å². The number of thiazole rings is 1. The average molecular weight is 1110 g/mol. The number of fused-ring (bicyclic) bond motifs is 1. The minimum Gasteiger partial charge on any atom is -0.391 e. The largest absolute Gasteiger partial charge is 0.391 e. The van der Waals surface area contributed by atoms with Crippen LogP contribution in [0, 0.1) is 25.6 Å². The van der Waals surface area contributed by atoms with Crippen LogP contribution in [0.15, 0.2) is 83.4 Å². The predicted octanol–water partition coefficient (Wildman–Crippen LogP) is 5.05. The van der Waals surface area contributed by atoms with Gasteiger partial charge in [-0.1, -0.05) is 43.3 Å². The maximum Gasteiger partial charge on any atom is 0.254 e. The Morgan fingerprint density at radius 2 is 1.71 bits per heavy atom. The minimum absolute atomic E-state index is 0.102. The Labute approximate surface area is 464 Å². The fourth-order valence-electron chi connectivity index (χ4n) is 11.0. The number of aliphatic hydroxyl groups excluding tert-OH is 1. The Balaban J connectivity index is 0.690. The van der Waals surface area contributed by atoms with Crippen molar-refractivity contribution in [1.29, 1.82) is 0 Å². The van der Waals surface area contributed by atoms with Gasteiger partial charge in [-0.05, 0) is 61.9 Å². The van der Waals surface area contributed by atoms with Gasteiger partial charge in [0.15, 0.2) is 11.5 Å². The molecule has 5 amide bonds. The van der Waals surface area contributed by atoms with Crippen LogP contribution in [0.2, 0.25) is 0 Å². The number of benzene rings is 2.